The van der Waals surface area contributed by atoms with Crippen LogP contribution in [-0.2, 0) is 16.1 Å². The normalized spacial score (nSPS) is 14.3. The molecule has 0 saturated heterocycles. The molecule has 0 atom stereocenters. The van der Waals surface area contributed by atoms with Gasteiger partial charge in [0.25, 0.3) is 0 Å². The molecule has 0 fully saturated rings. The molecular formula is C13H10N2O3. The second kappa shape index (κ2) is 3.80. The van der Waals surface area contributed by atoms with Crippen LogP contribution in [0.3, 0.4) is 0 Å². The van der Waals surface area contributed by atoms with E-state index in [9.17, 15) is 9.59 Å². The molecule has 0 radical (unpaired) electrons. The number of hydrogen-bond donors (Lipinski definition) is 0. The van der Waals surface area contributed by atoms with Gasteiger partial charge in [0.05, 0.1) is 5.69 Å². The SMILES string of the molecule is Cc1ccc(-c2cc3n(n2)CC(=O)OC3=O)cc1. The third kappa shape index (κ3) is 1.69. The Bertz CT molecular complexity index is 641. The van der Waals surface area contributed by atoms with Crippen molar-refractivity contribution in [3.8, 4) is 11.3 Å². The molecule has 1 aromatic heterocycles. The average molecular weight is 242 g/mol. The van der Waals surface area contributed by atoms with Crippen molar-refractivity contribution in [2.75, 3.05) is 0 Å². The van der Waals surface area contributed by atoms with E-state index in [1.54, 1.807) is 6.07 Å². The molecule has 0 aliphatic carbocycles. The van der Waals surface area contributed by atoms with Crippen LogP contribution >= 0.6 is 0 Å². The lowest BCUT2D eigenvalue weighted by atomic mass is 10.1. The molecule has 5 nitrogen and oxygen atoms in total. The van der Waals surface area contributed by atoms with Gasteiger partial charge in [-0.15, -0.1) is 0 Å². The van der Waals surface area contributed by atoms with E-state index in [1.165, 1.54) is 4.68 Å². The highest BCUT2D eigenvalue weighted by atomic mass is 16.6. The first-order valence-electron chi connectivity index (χ1n) is 5.53. The van der Waals surface area contributed by atoms with Crippen molar-refractivity contribution in [1.82, 2.24) is 9.78 Å². The van der Waals surface area contributed by atoms with Crippen molar-refractivity contribution < 1.29 is 14.3 Å². The minimum atomic E-state index is -0.642. The van der Waals surface area contributed by atoms with Gasteiger partial charge in [-0.2, -0.15) is 5.10 Å². The number of hydrogen-bond acceptors (Lipinski definition) is 4. The quantitative estimate of drug-likeness (QED) is 0.562. The number of nitrogens with zero attached hydrogens (tertiary/aromatic N) is 2. The summed E-state index contributed by atoms with van der Waals surface area (Å²) in [7, 11) is 0. The van der Waals surface area contributed by atoms with Gasteiger partial charge in [0, 0.05) is 5.56 Å². The molecule has 5 heteroatoms. The van der Waals surface area contributed by atoms with E-state index in [2.05, 4.69) is 9.84 Å². The van der Waals surface area contributed by atoms with Gasteiger partial charge in [-0.1, -0.05) is 29.8 Å². The lowest BCUT2D eigenvalue weighted by Gasteiger charge is -2.10. The molecule has 2 heterocycles. The van der Waals surface area contributed by atoms with Gasteiger partial charge in [0.1, 0.15) is 12.2 Å². The van der Waals surface area contributed by atoms with Gasteiger partial charge in [-0.3, -0.25) is 0 Å². The summed E-state index contributed by atoms with van der Waals surface area (Å²) >= 11 is 0. The number of carbonyl (C=O) groups excluding carboxylic acids is 2. The van der Waals surface area contributed by atoms with E-state index in [0.29, 0.717) is 11.4 Å². The van der Waals surface area contributed by atoms with Gasteiger partial charge in [-0.05, 0) is 13.0 Å². The number of benzene rings is 1. The summed E-state index contributed by atoms with van der Waals surface area (Å²) in [4.78, 5) is 22.6. The Morgan fingerprint density at radius 1 is 1.22 bits per heavy atom. The minimum absolute atomic E-state index is 0.0209. The van der Waals surface area contributed by atoms with E-state index >= 15 is 0 Å². The highest BCUT2D eigenvalue weighted by molar-refractivity contribution is 5.98. The molecule has 0 N–H and O–H groups in total. The Balaban J connectivity index is 2.05. The smallest absolute Gasteiger partial charge is 0.364 e. The zero-order chi connectivity index (χ0) is 12.7. The van der Waals surface area contributed by atoms with E-state index in [0.717, 1.165) is 11.1 Å². The zero-order valence-corrected chi connectivity index (χ0v) is 9.71. The van der Waals surface area contributed by atoms with Crippen LogP contribution in [0.25, 0.3) is 11.3 Å². The first kappa shape index (κ1) is 10.7. The van der Waals surface area contributed by atoms with Crippen LogP contribution in [0.1, 0.15) is 16.1 Å². The minimum Gasteiger partial charge on any atom is -0.387 e. The molecule has 0 amide bonds. The van der Waals surface area contributed by atoms with Gasteiger partial charge < -0.3 is 4.74 Å². The van der Waals surface area contributed by atoms with Gasteiger partial charge in [0.15, 0.2) is 0 Å². The summed E-state index contributed by atoms with van der Waals surface area (Å²) in [5, 5.41) is 4.25. The summed E-state index contributed by atoms with van der Waals surface area (Å²) in [5.41, 5.74) is 3.03. The summed E-state index contributed by atoms with van der Waals surface area (Å²) in [6.45, 7) is 1.98. The van der Waals surface area contributed by atoms with Crippen LogP contribution in [0.5, 0.6) is 0 Å². The third-order valence-electron chi connectivity index (χ3n) is 2.82. The van der Waals surface area contributed by atoms with Crippen LogP contribution in [0, 0.1) is 6.92 Å². The number of ether oxygens (including phenoxy) is 1. The summed E-state index contributed by atoms with van der Waals surface area (Å²) < 4.78 is 5.92. The fourth-order valence-corrected chi connectivity index (χ4v) is 1.88. The highest BCUT2D eigenvalue weighted by Gasteiger charge is 2.26. The number of esters is 2. The Morgan fingerprint density at radius 2 is 1.94 bits per heavy atom. The molecule has 1 aliphatic rings. The van der Waals surface area contributed by atoms with Crippen LogP contribution in [0.2, 0.25) is 0 Å². The predicted octanol–water partition coefficient (Wildman–Crippen LogP) is 1.56. The second-order valence-electron chi connectivity index (χ2n) is 4.20. The maximum atomic E-state index is 11.5. The van der Waals surface area contributed by atoms with E-state index in [-0.39, 0.29) is 6.54 Å². The number of aryl methyl sites for hydroxylation is 1. The van der Waals surface area contributed by atoms with Gasteiger partial charge >= 0.3 is 11.9 Å². The molecule has 0 bridgehead atoms. The molecule has 2 aromatic rings. The summed E-state index contributed by atoms with van der Waals surface area (Å²) in [6.07, 6.45) is 0. The first-order chi connectivity index (χ1) is 8.63. The number of aromatic nitrogens is 2. The molecule has 0 spiro atoms. The first-order valence-corrected chi connectivity index (χ1v) is 5.53. The lowest BCUT2D eigenvalue weighted by Crippen LogP contribution is -2.28. The summed E-state index contributed by atoms with van der Waals surface area (Å²) in [5.74, 6) is -1.22. The molecule has 18 heavy (non-hydrogen) atoms. The molecule has 0 unspecified atom stereocenters. The largest absolute Gasteiger partial charge is 0.387 e. The molecule has 90 valence electrons. The number of carbonyl (C=O) groups is 2. The van der Waals surface area contributed by atoms with Gasteiger partial charge in [0.2, 0.25) is 0 Å². The van der Waals surface area contributed by atoms with Crippen LogP contribution < -0.4 is 0 Å². The fourth-order valence-electron chi connectivity index (χ4n) is 1.88. The number of cyclic esters (lactones) is 2. The fraction of sp³-hybridized carbons (Fsp3) is 0.154. The number of rotatable bonds is 1. The van der Waals surface area contributed by atoms with Crippen molar-refractivity contribution in [3.63, 3.8) is 0 Å². The molecule has 0 saturated carbocycles. The van der Waals surface area contributed by atoms with Crippen molar-refractivity contribution >= 4 is 11.9 Å². The van der Waals surface area contributed by atoms with Crippen molar-refractivity contribution in [2.45, 2.75) is 13.5 Å². The molecule has 3 rings (SSSR count). The Morgan fingerprint density at radius 3 is 2.67 bits per heavy atom. The van der Waals surface area contributed by atoms with E-state index in [4.69, 9.17) is 0 Å². The van der Waals surface area contributed by atoms with Crippen molar-refractivity contribution in [2.24, 2.45) is 0 Å². The Hall–Kier alpha value is -2.43. The predicted molar refractivity (Wildman–Crippen MR) is 62.8 cm³/mol. The topological polar surface area (TPSA) is 61.2 Å². The zero-order valence-electron chi connectivity index (χ0n) is 9.71. The van der Waals surface area contributed by atoms with Crippen LogP contribution in [0.4, 0.5) is 0 Å². The van der Waals surface area contributed by atoms with Crippen LogP contribution in [0.15, 0.2) is 30.3 Å². The maximum Gasteiger partial charge on any atom is 0.364 e. The monoisotopic (exact) mass is 242 g/mol. The van der Waals surface area contributed by atoms with Crippen LogP contribution in [-0.4, -0.2) is 21.7 Å². The molecule has 1 aromatic carbocycles. The Labute approximate surface area is 103 Å². The van der Waals surface area contributed by atoms with E-state index in [1.807, 2.05) is 31.2 Å². The number of fused-ring (bicyclic) bond motifs is 1. The Kier molecular flexibility index (Phi) is 2.26. The molecule has 1 aliphatic heterocycles. The maximum absolute atomic E-state index is 11.5. The summed E-state index contributed by atoms with van der Waals surface area (Å²) in [6, 6.07) is 9.43. The van der Waals surface area contributed by atoms with E-state index < -0.39 is 11.9 Å². The lowest BCUT2D eigenvalue weighted by molar-refractivity contribution is -0.140. The van der Waals surface area contributed by atoms with Crippen molar-refractivity contribution in [3.05, 3.63) is 41.6 Å². The standard InChI is InChI=1S/C13H10N2O3/c1-8-2-4-9(5-3-8)10-6-11-13(17)18-12(16)7-15(11)14-10/h2-6H,7H2,1H3. The third-order valence-corrected chi connectivity index (χ3v) is 2.82. The van der Waals surface area contributed by atoms with Crippen molar-refractivity contribution in [1.29, 1.82) is 0 Å². The van der Waals surface area contributed by atoms with Gasteiger partial charge in [-0.25, -0.2) is 14.3 Å². The average Bonchev–Trinajstić information content (AvgIpc) is 2.74. The second-order valence-corrected chi connectivity index (χ2v) is 4.20. The highest BCUT2D eigenvalue weighted by Crippen LogP contribution is 2.21. The molecular weight excluding hydrogens is 232 g/mol.